The summed E-state index contributed by atoms with van der Waals surface area (Å²) in [4.78, 5) is 0. The van der Waals surface area contributed by atoms with Crippen molar-refractivity contribution in [3.63, 3.8) is 0 Å². The van der Waals surface area contributed by atoms with Crippen molar-refractivity contribution in [3.8, 4) is 5.75 Å². The van der Waals surface area contributed by atoms with Crippen molar-refractivity contribution in [1.29, 1.82) is 0 Å². The third-order valence-corrected chi connectivity index (χ3v) is 2.74. The number of methoxy groups -OCH3 is 1. The van der Waals surface area contributed by atoms with Gasteiger partial charge in [-0.15, -0.1) is 0 Å². The van der Waals surface area contributed by atoms with Gasteiger partial charge >= 0.3 is 0 Å². The van der Waals surface area contributed by atoms with Gasteiger partial charge in [0.1, 0.15) is 5.75 Å². The van der Waals surface area contributed by atoms with E-state index in [1.54, 1.807) is 7.11 Å². The SMILES string of the molecule is COc1ccc(CNCCC(C)C)cc1Cl. The predicted octanol–water partition coefficient (Wildman–Crippen LogP) is 3.48. The van der Waals surface area contributed by atoms with Gasteiger partial charge in [-0.3, -0.25) is 0 Å². The molecule has 0 fully saturated rings. The summed E-state index contributed by atoms with van der Waals surface area (Å²) < 4.78 is 5.10. The summed E-state index contributed by atoms with van der Waals surface area (Å²) in [6.07, 6.45) is 1.20. The Morgan fingerprint density at radius 2 is 2.12 bits per heavy atom. The molecule has 1 N–H and O–H groups in total. The lowest BCUT2D eigenvalue weighted by Crippen LogP contribution is -2.16. The maximum Gasteiger partial charge on any atom is 0.137 e. The molecule has 0 bridgehead atoms. The molecule has 0 heterocycles. The maximum absolute atomic E-state index is 6.04. The van der Waals surface area contributed by atoms with Crippen LogP contribution in [0.25, 0.3) is 0 Å². The van der Waals surface area contributed by atoms with E-state index in [-0.39, 0.29) is 0 Å². The number of benzene rings is 1. The Balaban J connectivity index is 2.40. The van der Waals surface area contributed by atoms with Gasteiger partial charge in [0.25, 0.3) is 0 Å². The van der Waals surface area contributed by atoms with E-state index in [4.69, 9.17) is 16.3 Å². The molecule has 3 heteroatoms. The lowest BCUT2D eigenvalue weighted by atomic mass is 10.1. The second kappa shape index (κ2) is 6.77. The lowest BCUT2D eigenvalue weighted by Gasteiger charge is -2.08. The van der Waals surface area contributed by atoms with Crippen LogP contribution in [0.4, 0.5) is 0 Å². The molecule has 0 spiro atoms. The first-order valence-electron chi connectivity index (χ1n) is 5.66. The average Bonchev–Trinajstić information content (AvgIpc) is 2.24. The van der Waals surface area contributed by atoms with Crippen molar-refractivity contribution in [2.75, 3.05) is 13.7 Å². The Labute approximate surface area is 103 Å². The van der Waals surface area contributed by atoms with Crippen LogP contribution in [0.15, 0.2) is 18.2 Å². The molecular formula is C13H20ClNO. The second-order valence-corrected chi connectivity index (χ2v) is 4.74. The highest BCUT2D eigenvalue weighted by atomic mass is 35.5. The summed E-state index contributed by atoms with van der Waals surface area (Å²) in [5.74, 6) is 1.47. The molecule has 0 radical (unpaired) electrons. The number of halogens is 1. The van der Waals surface area contributed by atoms with Gasteiger partial charge in [0.2, 0.25) is 0 Å². The molecule has 1 aromatic rings. The van der Waals surface area contributed by atoms with Gasteiger partial charge in [-0.05, 0) is 36.6 Å². The molecule has 2 nitrogen and oxygen atoms in total. The molecule has 0 atom stereocenters. The summed E-state index contributed by atoms with van der Waals surface area (Å²) in [7, 11) is 1.63. The number of nitrogens with one attached hydrogen (secondary N) is 1. The number of hydrogen-bond donors (Lipinski definition) is 1. The summed E-state index contributed by atoms with van der Waals surface area (Å²) in [6, 6.07) is 5.89. The molecule has 0 unspecified atom stereocenters. The van der Waals surface area contributed by atoms with Crippen molar-refractivity contribution >= 4 is 11.6 Å². The van der Waals surface area contributed by atoms with Crippen molar-refractivity contribution < 1.29 is 4.74 Å². The summed E-state index contributed by atoms with van der Waals surface area (Å²) >= 11 is 6.04. The quantitative estimate of drug-likeness (QED) is 0.770. The zero-order valence-corrected chi connectivity index (χ0v) is 11.0. The fraction of sp³-hybridized carbons (Fsp3) is 0.538. The molecule has 0 saturated heterocycles. The minimum absolute atomic E-state index is 0.672. The van der Waals surface area contributed by atoms with Crippen LogP contribution in [0.3, 0.4) is 0 Å². The number of rotatable bonds is 6. The van der Waals surface area contributed by atoms with E-state index in [9.17, 15) is 0 Å². The fourth-order valence-corrected chi connectivity index (χ4v) is 1.72. The van der Waals surface area contributed by atoms with Crippen LogP contribution in [0.2, 0.25) is 5.02 Å². The molecule has 16 heavy (non-hydrogen) atoms. The van der Waals surface area contributed by atoms with E-state index in [2.05, 4.69) is 19.2 Å². The maximum atomic E-state index is 6.04. The third kappa shape index (κ3) is 4.42. The molecule has 0 saturated carbocycles. The normalized spacial score (nSPS) is 10.8. The van der Waals surface area contributed by atoms with Crippen molar-refractivity contribution in [3.05, 3.63) is 28.8 Å². The number of ether oxygens (including phenoxy) is 1. The highest BCUT2D eigenvalue weighted by Gasteiger charge is 2.01. The van der Waals surface area contributed by atoms with Crippen molar-refractivity contribution in [1.82, 2.24) is 5.32 Å². The van der Waals surface area contributed by atoms with Crippen LogP contribution in [0.1, 0.15) is 25.8 Å². The molecule has 90 valence electrons. The first kappa shape index (κ1) is 13.3. The molecule has 0 amide bonds. The van der Waals surface area contributed by atoms with E-state index in [0.717, 1.165) is 24.8 Å². The first-order chi connectivity index (χ1) is 7.63. The summed E-state index contributed by atoms with van der Waals surface area (Å²) in [5.41, 5.74) is 1.19. The smallest absolute Gasteiger partial charge is 0.137 e. The Morgan fingerprint density at radius 1 is 1.38 bits per heavy atom. The van der Waals surface area contributed by atoms with Crippen LogP contribution >= 0.6 is 11.6 Å². The molecule has 0 aromatic heterocycles. The van der Waals surface area contributed by atoms with E-state index in [1.165, 1.54) is 12.0 Å². The zero-order chi connectivity index (χ0) is 12.0. The van der Waals surface area contributed by atoms with Gasteiger partial charge < -0.3 is 10.1 Å². The standard InChI is InChI=1S/C13H20ClNO/c1-10(2)6-7-15-9-11-4-5-13(16-3)12(14)8-11/h4-5,8,10,15H,6-7,9H2,1-3H3. The highest BCUT2D eigenvalue weighted by Crippen LogP contribution is 2.24. The van der Waals surface area contributed by atoms with Gasteiger partial charge in [-0.1, -0.05) is 31.5 Å². The third-order valence-electron chi connectivity index (χ3n) is 2.44. The Hall–Kier alpha value is -0.730. The van der Waals surface area contributed by atoms with Crippen molar-refractivity contribution in [2.24, 2.45) is 5.92 Å². The molecular weight excluding hydrogens is 222 g/mol. The monoisotopic (exact) mass is 241 g/mol. The van der Waals surface area contributed by atoms with E-state index >= 15 is 0 Å². The van der Waals surface area contributed by atoms with Gasteiger partial charge in [-0.25, -0.2) is 0 Å². The molecule has 0 aliphatic rings. The minimum Gasteiger partial charge on any atom is -0.495 e. The summed E-state index contributed by atoms with van der Waals surface area (Å²) in [6.45, 7) is 6.36. The molecule has 0 aliphatic heterocycles. The summed E-state index contributed by atoms with van der Waals surface area (Å²) in [5, 5.41) is 4.07. The lowest BCUT2D eigenvalue weighted by molar-refractivity contribution is 0.415. The van der Waals surface area contributed by atoms with E-state index in [1.807, 2.05) is 18.2 Å². The van der Waals surface area contributed by atoms with Gasteiger partial charge in [-0.2, -0.15) is 0 Å². The second-order valence-electron chi connectivity index (χ2n) is 4.33. The van der Waals surface area contributed by atoms with Crippen LogP contribution in [0.5, 0.6) is 5.75 Å². The van der Waals surface area contributed by atoms with E-state index < -0.39 is 0 Å². The van der Waals surface area contributed by atoms with Crippen LogP contribution in [-0.4, -0.2) is 13.7 Å². The first-order valence-corrected chi connectivity index (χ1v) is 6.04. The topological polar surface area (TPSA) is 21.3 Å². The van der Waals surface area contributed by atoms with Crippen LogP contribution in [-0.2, 0) is 6.54 Å². The number of hydrogen-bond acceptors (Lipinski definition) is 2. The van der Waals surface area contributed by atoms with E-state index in [0.29, 0.717) is 5.02 Å². The molecule has 1 rings (SSSR count). The van der Waals surface area contributed by atoms with Crippen LogP contribution in [0, 0.1) is 5.92 Å². The largest absolute Gasteiger partial charge is 0.495 e. The Morgan fingerprint density at radius 3 is 2.69 bits per heavy atom. The molecule has 0 aliphatic carbocycles. The predicted molar refractivity (Wildman–Crippen MR) is 69.2 cm³/mol. The molecule has 1 aromatic carbocycles. The van der Waals surface area contributed by atoms with Gasteiger partial charge in [0, 0.05) is 6.54 Å². The zero-order valence-electron chi connectivity index (χ0n) is 10.2. The average molecular weight is 242 g/mol. The Kier molecular flexibility index (Phi) is 5.64. The Bertz CT molecular complexity index is 326. The highest BCUT2D eigenvalue weighted by molar-refractivity contribution is 6.32. The van der Waals surface area contributed by atoms with Gasteiger partial charge in [0.15, 0.2) is 0 Å². The van der Waals surface area contributed by atoms with Crippen LogP contribution < -0.4 is 10.1 Å². The minimum atomic E-state index is 0.672. The fourth-order valence-electron chi connectivity index (χ4n) is 1.44. The van der Waals surface area contributed by atoms with Gasteiger partial charge in [0.05, 0.1) is 12.1 Å². The van der Waals surface area contributed by atoms with Crippen molar-refractivity contribution in [2.45, 2.75) is 26.8 Å².